The molecule has 0 spiro atoms. The number of carboxylic acid groups (broad SMARTS) is 1. The zero-order valence-electron chi connectivity index (χ0n) is 17.9. The first-order valence-electron chi connectivity index (χ1n) is 10.3. The van der Waals surface area contributed by atoms with Crippen molar-refractivity contribution in [3.63, 3.8) is 0 Å². The van der Waals surface area contributed by atoms with Gasteiger partial charge in [0, 0.05) is 10.8 Å². The molecule has 2 bridgehead atoms. The summed E-state index contributed by atoms with van der Waals surface area (Å²) in [5.74, 6) is -1.55. The fourth-order valence-electron chi connectivity index (χ4n) is 5.74. The molecule has 1 heterocycles. The molecule has 0 radical (unpaired) electrons. The molecule has 1 saturated heterocycles. The summed E-state index contributed by atoms with van der Waals surface area (Å²) in [6.07, 6.45) is 0.838. The van der Waals surface area contributed by atoms with Crippen LogP contribution in [0.1, 0.15) is 45.6 Å². The molecule has 2 fully saturated rings. The van der Waals surface area contributed by atoms with Gasteiger partial charge in [0.15, 0.2) is 0 Å². The number of anilines is 1. The van der Waals surface area contributed by atoms with Crippen molar-refractivity contribution in [2.24, 2.45) is 16.2 Å². The Morgan fingerprint density at radius 2 is 1.43 bits per heavy atom. The molecular weight excluding hydrogens is 378 g/mol. The maximum Gasteiger partial charge on any atom is 0.309 e. The summed E-state index contributed by atoms with van der Waals surface area (Å²) in [5, 5.41) is 9.81. The highest BCUT2D eigenvalue weighted by Crippen LogP contribution is 2.59. The molecule has 1 saturated carbocycles. The van der Waals surface area contributed by atoms with Gasteiger partial charge in [-0.1, -0.05) is 56.3 Å². The average Bonchev–Trinajstić information content (AvgIpc) is 2.68. The lowest BCUT2D eigenvalue weighted by Crippen LogP contribution is -2.64. The second-order valence-electron chi connectivity index (χ2n) is 9.83. The van der Waals surface area contributed by atoms with Crippen LogP contribution in [0.3, 0.4) is 0 Å². The molecule has 1 N–H and O–H groups in total. The molecule has 2 aromatic rings. The topological polar surface area (TPSA) is 74.7 Å². The Morgan fingerprint density at radius 1 is 0.867 bits per heavy atom. The predicted octanol–water partition coefficient (Wildman–Crippen LogP) is 4.82. The number of piperidine rings is 1. The Bertz CT molecular complexity index is 1030. The third-order valence-corrected chi connectivity index (χ3v) is 6.85. The number of benzene rings is 2. The standard InChI is InChI=1S/C25H27NO4/c1-16-10-11-18(17-8-6-5-7-9-17)12-19(16)26-20(27)23(2)13-24(3,21(26)28)15-25(4,14-23)22(29)30/h5-12H,13-15H2,1-4H3,(H,29,30)/t23-,24?,25?/m1/s1. The van der Waals surface area contributed by atoms with Gasteiger partial charge < -0.3 is 5.11 Å². The monoisotopic (exact) mass is 405 g/mol. The third-order valence-electron chi connectivity index (χ3n) is 6.85. The number of aryl methyl sites for hydroxylation is 1. The van der Waals surface area contributed by atoms with Gasteiger partial charge in [-0.3, -0.25) is 14.4 Å². The first-order valence-corrected chi connectivity index (χ1v) is 10.3. The molecular formula is C25H27NO4. The zero-order valence-corrected chi connectivity index (χ0v) is 17.9. The van der Waals surface area contributed by atoms with Crippen LogP contribution in [0.25, 0.3) is 11.1 Å². The number of amides is 2. The zero-order chi connectivity index (χ0) is 21.9. The van der Waals surface area contributed by atoms with Crippen LogP contribution in [0.15, 0.2) is 48.5 Å². The third kappa shape index (κ3) is 2.95. The lowest BCUT2D eigenvalue weighted by Gasteiger charge is -2.55. The number of carbonyl (C=O) groups excluding carboxylic acids is 2. The number of fused-ring (bicyclic) bond motifs is 2. The van der Waals surface area contributed by atoms with Crippen LogP contribution in [0.5, 0.6) is 0 Å². The van der Waals surface area contributed by atoms with Crippen molar-refractivity contribution in [3.8, 4) is 11.1 Å². The van der Waals surface area contributed by atoms with E-state index in [9.17, 15) is 19.5 Å². The molecule has 3 atom stereocenters. The van der Waals surface area contributed by atoms with Crippen molar-refractivity contribution in [2.45, 2.75) is 47.0 Å². The quantitative estimate of drug-likeness (QED) is 0.743. The molecule has 1 aliphatic heterocycles. The summed E-state index contributed by atoms with van der Waals surface area (Å²) >= 11 is 0. The van der Waals surface area contributed by atoms with E-state index in [1.54, 1.807) is 6.92 Å². The number of nitrogens with zero attached hydrogens (tertiary/aromatic N) is 1. The summed E-state index contributed by atoms with van der Waals surface area (Å²) in [6, 6.07) is 15.6. The number of hydrogen-bond donors (Lipinski definition) is 1. The summed E-state index contributed by atoms with van der Waals surface area (Å²) < 4.78 is 0. The van der Waals surface area contributed by atoms with E-state index >= 15 is 0 Å². The van der Waals surface area contributed by atoms with Crippen LogP contribution in [-0.4, -0.2) is 22.9 Å². The predicted molar refractivity (Wildman–Crippen MR) is 115 cm³/mol. The molecule has 2 aromatic carbocycles. The Kier molecular flexibility index (Phi) is 4.42. The van der Waals surface area contributed by atoms with Crippen molar-refractivity contribution in [3.05, 3.63) is 54.1 Å². The van der Waals surface area contributed by atoms with Gasteiger partial charge in [0.2, 0.25) is 11.8 Å². The maximum atomic E-state index is 13.6. The number of imide groups is 1. The van der Waals surface area contributed by atoms with E-state index in [0.717, 1.165) is 16.7 Å². The van der Waals surface area contributed by atoms with Gasteiger partial charge in [-0.15, -0.1) is 0 Å². The Balaban J connectivity index is 1.83. The molecule has 1 aliphatic carbocycles. The summed E-state index contributed by atoms with van der Waals surface area (Å²) in [4.78, 5) is 40.6. The van der Waals surface area contributed by atoms with Crippen molar-refractivity contribution in [1.82, 2.24) is 0 Å². The fraction of sp³-hybridized carbons (Fsp3) is 0.400. The lowest BCUT2D eigenvalue weighted by molar-refractivity contribution is -0.167. The number of carbonyl (C=O) groups is 3. The molecule has 5 heteroatoms. The number of hydrogen-bond acceptors (Lipinski definition) is 3. The van der Waals surface area contributed by atoms with Crippen molar-refractivity contribution in [2.75, 3.05) is 4.90 Å². The first-order chi connectivity index (χ1) is 14.0. The summed E-state index contributed by atoms with van der Waals surface area (Å²) in [5.41, 5.74) is 0.462. The largest absolute Gasteiger partial charge is 0.481 e. The molecule has 2 amide bonds. The van der Waals surface area contributed by atoms with Crippen LogP contribution < -0.4 is 4.90 Å². The summed E-state index contributed by atoms with van der Waals surface area (Å²) in [7, 11) is 0. The van der Waals surface area contributed by atoms with E-state index in [-0.39, 0.29) is 24.7 Å². The normalized spacial score (nSPS) is 31.0. The fourth-order valence-corrected chi connectivity index (χ4v) is 5.74. The van der Waals surface area contributed by atoms with Gasteiger partial charge in [-0.2, -0.15) is 0 Å². The van der Waals surface area contributed by atoms with Crippen LogP contribution >= 0.6 is 0 Å². The van der Waals surface area contributed by atoms with E-state index in [1.165, 1.54) is 4.90 Å². The highest BCUT2D eigenvalue weighted by Gasteiger charge is 2.63. The minimum Gasteiger partial charge on any atom is -0.481 e. The van der Waals surface area contributed by atoms with Crippen molar-refractivity contribution in [1.29, 1.82) is 0 Å². The van der Waals surface area contributed by atoms with Gasteiger partial charge in [-0.05, 0) is 55.9 Å². The van der Waals surface area contributed by atoms with E-state index in [4.69, 9.17) is 0 Å². The highest BCUT2D eigenvalue weighted by molar-refractivity contribution is 6.21. The van der Waals surface area contributed by atoms with E-state index in [0.29, 0.717) is 12.1 Å². The average molecular weight is 405 g/mol. The number of aliphatic carboxylic acids is 1. The Hall–Kier alpha value is -2.95. The Labute approximate surface area is 176 Å². The Morgan fingerprint density at radius 3 is 1.97 bits per heavy atom. The van der Waals surface area contributed by atoms with Crippen LogP contribution in [0.4, 0.5) is 5.69 Å². The molecule has 156 valence electrons. The minimum atomic E-state index is -1.10. The van der Waals surface area contributed by atoms with Crippen molar-refractivity contribution >= 4 is 23.5 Å². The lowest BCUT2D eigenvalue weighted by atomic mass is 9.51. The second-order valence-corrected chi connectivity index (χ2v) is 9.83. The van der Waals surface area contributed by atoms with E-state index in [2.05, 4.69) is 0 Å². The molecule has 0 aromatic heterocycles. The van der Waals surface area contributed by atoms with Gasteiger partial charge >= 0.3 is 5.97 Å². The maximum absolute atomic E-state index is 13.6. The van der Waals surface area contributed by atoms with Gasteiger partial charge in [-0.25, -0.2) is 4.90 Å². The number of rotatable bonds is 3. The molecule has 5 nitrogen and oxygen atoms in total. The first kappa shape index (κ1) is 20.3. The van der Waals surface area contributed by atoms with Crippen LogP contribution in [0.2, 0.25) is 0 Å². The molecule has 2 unspecified atom stereocenters. The molecule has 30 heavy (non-hydrogen) atoms. The molecule has 4 rings (SSSR count). The van der Waals surface area contributed by atoms with E-state index < -0.39 is 22.2 Å². The van der Waals surface area contributed by atoms with E-state index in [1.807, 2.05) is 69.3 Å². The van der Waals surface area contributed by atoms with Gasteiger partial charge in [0.1, 0.15) is 0 Å². The smallest absolute Gasteiger partial charge is 0.309 e. The van der Waals surface area contributed by atoms with Crippen LogP contribution in [0, 0.1) is 23.2 Å². The van der Waals surface area contributed by atoms with Gasteiger partial charge in [0.25, 0.3) is 0 Å². The minimum absolute atomic E-state index is 0.227. The second kappa shape index (κ2) is 6.53. The SMILES string of the molecule is Cc1ccc(-c2ccccc2)cc1N1C(=O)C2(C)CC(C)(C(=O)O)C[C@@](C)(C2)C1=O. The van der Waals surface area contributed by atoms with Gasteiger partial charge in [0.05, 0.1) is 11.1 Å². The highest BCUT2D eigenvalue weighted by atomic mass is 16.4. The summed E-state index contributed by atoms with van der Waals surface area (Å²) in [6.45, 7) is 7.16. The van der Waals surface area contributed by atoms with Crippen LogP contribution in [-0.2, 0) is 14.4 Å². The number of carboxylic acids is 1. The van der Waals surface area contributed by atoms with Crippen molar-refractivity contribution < 1.29 is 19.5 Å². The molecule has 2 aliphatic rings.